The highest BCUT2D eigenvalue weighted by molar-refractivity contribution is 7.15. The molecule has 1 aromatic carbocycles. The fourth-order valence-corrected chi connectivity index (χ4v) is 3.96. The molecular formula is C21H19N3O5S. The van der Waals surface area contributed by atoms with Gasteiger partial charge in [-0.1, -0.05) is 11.3 Å². The molecule has 1 atom stereocenters. The Hall–Kier alpha value is -3.46. The van der Waals surface area contributed by atoms with Crippen LogP contribution in [0.1, 0.15) is 36.2 Å². The average molecular weight is 425 g/mol. The monoisotopic (exact) mass is 425 g/mol. The van der Waals surface area contributed by atoms with Crippen LogP contribution >= 0.6 is 11.3 Å². The summed E-state index contributed by atoms with van der Waals surface area (Å²) in [5, 5.41) is 19.8. The number of aliphatic hydroxyl groups is 1. The van der Waals surface area contributed by atoms with E-state index in [0.717, 1.165) is 0 Å². The largest absolute Gasteiger partial charge is 0.507 e. The number of ether oxygens (including phenoxy) is 1. The maximum absolute atomic E-state index is 12.9. The predicted molar refractivity (Wildman–Crippen MR) is 110 cm³/mol. The van der Waals surface area contributed by atoms with Gasteiger partial charge < -0.3 is 14.3 Å². The van der Waals surface area contributed by atoms with E-state index in [1.807, 2.05) is 13.8 Å². The second-order valence-corrected chi connectivity index (χ2v) is 8.14. The SMILES string of the molecule is Cc1nnc(N2C(=O)C(=O)/C(=C(/O)c3ccc(OC(C)C)cc3)C2c2ccco2)s1. The van der Waals surface area contributed by atoms with Crippen molar-refractivity contribution >= 4 is 33.9 Å². The second-order valence-electron chi connectivity index (χ2n) is 6.98. The van der Waals surface area contributed by atoms with Gasteiger partial charge in [0.1, 0.15) is 28.3 Å². The third-order valence-corrected chi connectivity index (χ3v) is 5.32. The van der Waals surface area contributed by atoms with Gasteiger partial charge in [0.25, 0.3) is 5.78 Å². The van der Waals surface area contributed by atoms with Crippen molar-refractivity contribution in [3.8, 4) is 5.75 Å². The van der Waals surface area contributed by atoms with Crippen LogP contribution in [0.25, 0.3) is 5.76 Å². The van der Waals surface area contributed by atoms with Gasteiger partial charge in [0, 0.05) is 5.56 Å². The summed E-state index contributed by atoms with van der Waals surface area (Å²) in [6.07, 6.45) is 1.45. The number of nitrogens with zero attached hydrogens (tertiary/aromatic N) is 3. The zero-order valence-corrected chi connectivity index (χ0v) is 17.3. The first-order valence-corrected chi connectivity index (χ1v) is 10.1. The van der Waals surface area contributed by atoms with Crippen molar-refractivity contribution in [2.24, 2.45) is 0 Å². The van der Waals surface area contributed by atoms with Crippen molar-refractivity contribution in [2.45, 2.75) is 32.9 Å². The highest BCUT2D eigenvalue weighted by Gasteiger charge is 2.49. The lowest BCUT2D eigenvalue weighted by Gasteiger charge is -2.20. The molecule has 1 saturated heterocycles. The summed E-state index contributed by atoms with van der Waals surface area (Å²) in [4.78, 5) is 27.0. The van der Waals surface area contributed by atoms with E-state index in [-0.39, 0.29) is 22.6 Å². The number of ketones is 1. The normalized spacial score (nSPS) is 18.4. The van der Waals surface area contributed by atoms with Crippen LogP contribution in [0, 0.1) is 6.92 Å². The first kappa shape index (κ1) is 19.8. The lowest BCUT2D eigenvalue weighted by Crippen LogP contribution is -2.29. The lowest BCUT2D eigenvalue weighted by atomic mass is 9.99. The van der Waals surface area contributed by atoms with E-state index in [9.17, 15) is 14.7 Å². The number of benzene rings is 1. The summed E-state index contributed by atoms with van der Waals surface area (Å²) >= 11 is 1.18. The highest BCUT2D eigenvalue weighted by atomic mass is 32.1. The van der Waals surface area contributed by atoms with Crippen molar-refractivity contribution in [3.63, 3.8) is 0 Å². The maximum Gasteiger partial charge on any atom is 0.302 e. The zero-order valence-electron chi connectivity index (χ0n) is 16.5. The summed E-state index contributed by atoms with van der Waals surface area (Å²) in [6, 6.07) is 9.01. The fraction of sp³-hybridized carbons (Fsp3) is 0.238. The Kier molecular flexibility index (Phi) is 5.13. The Morgan fingerprint density at radius 3 is 2.50 bits per heavy atom. The molecule has 1 amide bonds. The molecule has 3 aromatic rings. The molecule has 9 heteroatoms. The standard InChI is InChI=1S/C21H19N3O5S/c1-11(2)29-14-8-6-13(7-9-14)18(25)16-17(15-5-4-10-28-15)24(20(27)19(16)26)21-23-22-12(3)30-21/h4-11,17,25H,1-3H3/b18-16+. The molecule has 0 bridgehead atoms. The van der Waals surface area contributed by atoms with E-state index in [1.165, 1.54) is 22.5 Å². The van der Waals surface area contributed by atoms with Gasteiger partial charge >= 0.3 is 5.91 Å². The number of Topliss-reactive ketones (excluding diaryl/α,β-unsaturated/α-hetero) is 1. The molecule has 1 aliphatic heterocycles. The third-order valence-electron chi connectivity index (χ3n) is 4.48. The summed E-state index contributed by atoms with van der Waals surface area (Å²) in [6.45, 7) is 5.57. The van der Waals surface area contributed by atoms with Gasteiger partial charge in [-0.2, -0.15) is 0 Å². The molecule has 0 spiro atoms. The molecule has 2 aromatic heterocycles. The zero-order chi connectivity index (χ0) is 21.4. The van der Waals surface area contributed by atoms with Crippen LogP contribution in [0.2, 0.25) is 0 Å². The molecule has 3 heterocycles. The molecular weight excluding hydrogens is 406 g/mol. The van der Waals surface area contributed by atoms with Gasteiger partial charge in [0.05, 0.1) is 17.9 Å². The number of hydrogen-bond acceptors (Lipinski definition) is 8. The summed E-state index contributed by atoms with van der Waals surface area (Å²) in [5.74, 6) is -0.940. The number of aryl methyl sites for hydroxylation is 1. The Balaban J connectivity index is 1.82. The smallest absolute Gasteiger partial charge is 0.302 e. The first-order chi connectivity index (χ1) is 14.4. The molecule has 154 valence electrons. The molecule has 8 nitrogen and oxygen atoms in total. The molecule has 1 fully saturated rings. The number of rotatable bonds is 5. The summed E-state index contributed by atoms with van der Waals surface area (Å²) < 4.78 is 11.1. The van der Waals surface area contributed by atoms with Gasteiger partial charge in [-0.25, -0.2) is 0 Å². The number of carbonyl (C=O) groups excluding carboxylic acids is 2. The molecule has 4 rings (SSSR count). The van der Waals surface area contributed by atoms with E-state index in [2.05, 4.69) is 10.2 Å². The maximum atomic E-state index is 12.9. The van der Waals surface area contributed by atoms with Gasteiger partial charge in [-0.05, 0) is 57.2 Å². The lowest BCUT2D eigenvalue weighted by molar-refractivity contribution is -0.132. The second kappa shape index (κ2) is 7.75. The third kappa shape index (κ3) is 3.48. The predicted octanol–water partition coefficient (Wildman–Crippen LogP) is 3.85. The minimum atomic E-state index is -0.945. The van der Waals surface area contributed by atoms with Crippen molar-refractivity contribution < 1.29 is 23.8 Å². The van der Waals surface area contributed by atoms with Crippen LogP contribution in [0.5, 0.6) is 5.75 Å². The molecule has 1 unspecified atom stereocenters. The minimum absolute atomic E-state index is 0.00378. The van der Waals surface area contributed by atoms with Crippen LogP contribution < -0.4 is 9.64 Å². The molecule has 0 aliphatic carbocycles. The van der Waals surface area contributed by atoms with Crippen molar-refractivity contribution in [1.82, 2.24) is 10.2 Å². The van der Waals surface area contributed by atoms with Gasteiger partial charge in [-0.3, -0.25) is 14.5 Å². The first-order valence-electron chi connectivity index (χ1n) is 9.28. The molecule has 1 N–H and O–H groups in total. The minimum Gasteiger partial charge on any atom is -0.507 e. The highest BCUT2D eigenvalue weighted by Crippen LogP contribution is 2.43. The van der Waals surface area contributed by atoms with E-state index in [0.29, 0.717) is 22.1 Å². The van der Waals surface area contributed by atoms with E-state index >= 15 is 0 Å². The Morgan fingerprint density at radius 1 is 1.20 bits per heavy atom. The number of aromatic nitrogens is 2. The number of furan rings is 1. The Morgan fingerprint density at radius 2 is 1.93 bits per heavy atom. The average Bonchev–Trinajstić information content (AvgIpc) is 3.43. The van der Waals surface area contributed by atoms with Gasteiger partial charge in [0.2, 0.25) is 5.13 Å². The van der Waals surface area contributed by atoms with Crippen LogP contribution in [-0.4, -0.2) is 33.1 Å². The van der Waals surface area contributed by atoms with Crippen LogP contribution in [0.15, 0.2) is 52.7 Å². The summed E-state index contributed by atoms with van der Waals surface area (Å²) in [5.41, 5.74) is 0.314. The van der Waals surface area contributed by atoms with Crippen molar-refractivity contribution in [1.29, 1.82) is 0 Å². The topological polar surface area (TPSA) is 106 Å². The Bertz CT molecular complexity index is 1120. The van der Waals surface area contributed by atoms with Crippen LogP contribution in [0.3, 0.4) is 0 Å². The quantitative estimate of drug-likeness (QED) is 0.376. The summed E-state index contributed by atoms with van der Waals surface area (Å²) in [7, 11) is 0. The van der Waals surface area contributed by atoms with Gasteiger partial charge in [0.15, 0.2) is 0 Å². The fourth-order valence-electron chi connectivity index (χ4n) is 3.25. The number of hydrogen-bond donors (Lipinski definition) is 1. The Labute approximate surface area is 176 Å². The molecule has 0 radical (unpaired) electrons. The number of aliphatic hydroxyl groups excluding tert-OH is 1. The van der Waals surface area contributed by atoms with Crippen LogP contribution in [-0.2, 0) is 9.59 Å². The van der Waals surface area contributed by atoms with Crippen LogP contribution in [0.4, 0.5) is 5.13 Å². The van der Waals surface area contributed by atoms with E-state index in [4.69, 9.17) is 9.15 Å². The number of amides is 1. The van der Waals surface area contributed by atoms with Gasteiger partial charge in [-0.15, -0.1) is 10.2 Å². The van der Waals surface area contributed by atoms with Crippen molar-refractivity contribution in [2.75, 3.05) is 4.90 Å². The molecule has 30 heavy (non-hydrogen) atoms. The van der Waals surface area contributed by atoms with E-state index < -0.39 is 17.7 Å². The molecule has 0 saturated carbocycles. The van der Waals surface area contributed by atoms with Crippen molar-refractivity contribution in [3.05, 3.63) is 64.6 Å². The number of carbonyl (C=O) groups is 2. The molecule has 1 aliphatic rings. The van der Waals surface area contributed by atoms with E-state index in [1.54, 1.807) is 43.3 Å². The number of anilines is 1.